The van der Waals surface area contributed by atoms with Crippen molar-refractivity contribution in [2.24, 2.45) is 29.1 Å². The Labute approximate surface area is 260 Å². The molecule has 0 bridgehead atoms. The van der Waals surface area contributed by atoms with Crippen molar-refractivity contribution in [1.82, 2.24) is 14.7 Å². The summed E-state index contributed by atoms with van der Waals surface area (Å²) in [7, 11) is 7.61. The van der Waals surface area contributed by atoms with E-state index < -0.39 is 41.4 Å². The number of aliphatic hydroxyl groups is 1. The lowest BCUT2D eigenvalue weighted by atomic mass is 9.74. The maximum atomic E-state index is 14.2. The Morgan fingerprint density at radius 3 is 2.28 bits per heavy atom. The number of carbonyl (C=O) groups excluding carboxylic acids is 2. The summed E-state index contributed by atoms with van der Waals surface area (Å²) in [5.41, 5.74) is -2.30. The molecule has 0 radical (unpaired) electrons. The highest BCUT2D eigenvalue weighted by atomic mass is 16.7. The monoisotopic (exact) mass is 611 g/mol. The summed E-state index contributed by atoms with van der Waals surface area (Å²) >= 11 is 0. The van der Waals surface area contributed by atoms with Crippen LogP contribution in [0.1, 0.15) is 68.2 Å². The number of hydrogen-bond donors (Lipinski definition) is 1. The molecule has 0 amide bonds. The minimum Gasteiger partial charge on any atom is -0.463 e. The molecule has 3 aliphatic rings. The van der Waals surface area contributed by atoms with E-state index in [1.807, 2.05) is 32.8 Å². The Morgan fingerprint density at radius 1 is 1.09 bits per heavy atom. The fourth-order valence-electron chi connectivity index (χ4n) is 7.58. The van der Waals surface area contributed by atoms with Gasteiger partial charge in [-0.15, -0.1) is 0 Å². The molecule has 3 heterocycles. The normalized spacial score (nSPS) is 39.6. The van der Waals surface area contributed by atoms with Crippen LogP contribution in [-0.2, 0) is 28.5 Å². The third-order valence-corrected chi connectivity index (χ3v) is 10.1. The standard InChI is InChI=1S/C33H61N3O7/c1-20(2)15-36-17-24(18-36)26-19-41-31(39)32(6,7)28(38)23(5)29(33(8,40-12)14-21(3)16-35(26)11)43-30-27(37)25(34(9)10)13-22(4)42-30/h20-27,29-30,37H,13-19H2,1-12H3/t21-,22-,23+,25+,26?,27-,29-,30+,33-/m1/s1. The van der Waals surface area contributed by atoms with Crippen molar-refractivity contribution in [2.75, 3.05) is 61.0 Å². The van der Waals surface area contributed by atoms with Crippen molar-refractivity contribution in [2.45, 2.75) is 111 Å². The van der Waals surface area contributed by atoms with E-state index in [9.17, 15) is 14.7 Å². The van der Waals surface area contributed by atoms with Crippen LogP contribution >= 0.6 is 0 Å². The van der Waals surface area contributed by atoms with Gasteiger partial charge in [-0.1, -0.05) is 27.7 Å². The van der Waals surface area contributed by atoms with Gasteiger partial charge in [0.25, 0.3) is 0 Å². The van der Waals surface area contributed by atoms with E-state index in [0.717, 1.165) is 26.2 Å². The van der Waals surface area contributed by atoms with E-state index in [1.54, 1.807) is 27.9 Å². The van der Waals surface area contributed by atoms with E-state index in [1.165, 1.54) is 0 Å². The van der Waals surface area contributed by atoms with Crippen LogP contribution in [0.2, 0.25) is 0 Å². The molecule has 10 nitrogen and oxygen atoms in total. The first kappa shape index (κ1) is 36.3. The summed E-state index contributed by atoms with van der Waals surface area (Å²) in [6.07, 6.45) is -1.53. The largest absolute Gasteiger partial charge is 0.463 e. The summed E-state index contributed by atoms with van der Waals surface area (Å²) in [5, 5.41) is 11.3. The van der Waals surface area contributed by atoms with Gasteiger partial charge in [0.15, 0.2) is 12.1 Å². The topological polar surface area (TPSA) is 101 Å². The Balaban J connectivity index is 1.94. The van der Waals surface area contributed by atoms with Crippen LogP contribution in [0.4, 0.5) is 0 Å². The van der Waals surface area contributed by atoms with E-state index in [4.69, 9.17) is 18.9 Å². The van der Waals surface area contributed by atoms with Crippen molar-refractivity contribution in [3.8, 4) is 0 Å². The zero-order valence-electron chi connectivity index (χ0n) is 29.0. The van der Waals surface area contributed by atoms with Gasteiger partial charge in [0.2, 0.25) is 0 Å². The molecule has 0 aromatic carbocycles. The molecule has 250 valence electrons. The lowest BCUT2D eigenvalue weighted by molar-refractivity contribution is -0.295. The molecular formula is C33H61N3O7. The highest BCUT2D eigenvalue weighted by Gasteiger charge is 2.52. The first-order valence-electron chi connectivity index (χ1n) is 16.3. The molecule has 9 atom stereocenters. The van der Waals surface area contributed by atoms with E-state index in [-0.39, 0.29) is 36.5 Å². The third-order valence-electron chi connectivity index (χ3n) is 10.1. The second kappa shape index (κ2) is 14.5. The molecule has 43 heavy (non-hydrogen) atoms. The van der Waals surface area contributed by atoms with E-state index in [2.05, 4.69) is 37.6 Å². The minimum atomic E-state index is -1.40. The van der Waals surface area contributed by atoms with E-state index in [0.29, 0.717) is 24.7 Å². The van der Waals surface area contributed by atoms with Gasteiger partial charge < -0.3 is 33.9 Å². The highest BCUT2D eigenvalue weighted by Crippen LogP contribution is 2.38. The van der Waals surface area contributed by atoms with Crippen LogP contribution in [0.5, 0.6) is 0 Å². The summed E-state index contributed by atoms with van der Waals surface area (Å²) in [6.45, 7) is 19.7. The van der Waals surface area contributed by atoms with Gasteiger partial charge in [-0.2, -0.15) is 0 Å². The lowest BCUT2D eigenvalue weighted by Gasteiger charge is -2.48. The van der Waals surface area contributed by atoms with E-state index >= 15 is 0 Å². The molecule has 3 aliphatic heterocycles. The predicted molar refractivity (Wildman–Crippen MR) is 167 cm³/mol. The van der Waals surface area contributed by atoms with Gasteiger partial charge >= 0.3 is 5.97 Å². The van der Waals surface area contributed by atoms with Gasteiger partial charge in [-0.05, 0) is 73.5 Å². The SMILES string of the molecule is CO[C@]1(C)C[C@@H](C)CN(C)C(C2CN(CC(C)C)C2)COC(=O)C(C)(C)C(=O)[C@H](C)[C@H]1O[C@@H]1O[C@H](C)C[C@H](N(C)C)[C@H]1O. The summed E-state index contributed by atoms with van der Waals surface area (Å²) < 4.78 is 24.9. The van der Waals surface area contributed by atoms with Crippen molar-refractivity contribution < 1.29 is 33.6 Å². The number of ketones is 1. The molecule has 0 aromatic rings. The van der Waals surface area contributed by atoms with Gasteiger partial charge in [-0.25, -0.2) is 0 Å². The van der Waals surface area contributed by atoms with Gasteiger partial charge in [0.05, 0.1) is 17.8 Å². The molecule has 1 N–H and O–H groups in total. The zero-order valence-corrected chi connectivity index (χ0v) is 29.0. The van der Waals surface area contributed by atoms with Gasteiger partial charge in [-0.3, -0.25) is 14.5 Å². The number of hydrogen-bond acceptors (Lipinski definition) is 10. The Hall–Kier alpha value is -1.14. The Morgan fingerprint density at radius 2 is 1.72 bits per heavy atom. The van der Waals surface area contributed by atoms with Crippen molar-refractivity contribution in [3.63, 3.8) is 0 Å². The number of aliphatic hydroxyl groups excluding tert-OH is 1. The van der Waals surface area contributed by atoms with Crippen molar-refractivity contribution >= 4 is 11.8 Å². The maximum absolute atomic E-state index is 14.2. The second-order valence-corrected chi connectivity index (χ2v) is 15.2. The number of methoxy groups -OCH3 is 1. The Kier molecular flexibility index (Phi) is 12.3. The number of likely N-dealkylation sites (tertiary alicyclic amines) is 1. The zero-order chi connectivity index (χ0) is 32.4. The number of Topliss-reactive ketones (excluding diaryl/α,β-unsaturated/α-hetero) is 1. The molecule has 1 unspecified atom stereocenters. The van der Waals surface area contributed by atoms with Crippen LogP contribution in [0, 0.1) is 29.1 Å². The molecule has 10 heteroatoms. The first-order chi connectivity index (χ1) is 19.9. The van der Waals surface area contributed by atoms with Crippen LogP contribution in [0.15, 0.2) is 0 Å². The Bertz CT molecular complexity index is 939. The number of rotatable bonds is 7. The van der Waals surface area contributed by atoms with Crippen molar-refractivity contribution in [3.05, 3.63) is 0 Å². The molecule has 0 spiro atoms. The van der Waals surface area contributed by atoms with Crippen LogP contribution in [-0.4, -0.2) is 135 Å². The smallest absolute Gasteiger partial charge is 0.319 e. The molecular weight excluding hydrogens is 550 g/mol. The van der Waals surface area contributed by atoms with Crippen LogP contribution in [0.25, 0.3) is 0 Å². The third kappa shape index (κ3) is 8.37. The number of cyclic esters (lactones) is 1. The molecule has 0 saturated carbocycles. The average Bonchev–Trinajstić information content (AvgIpc) is 2.89. The number of carbonyl (C=O) groups is 2. The molecule has 3 fully saturated rings. The second-order valence-electron chi connectivity index (χ2n) is 15.2. The number of esters is 1. The van der Waals surface area contributed by atoms with Crippen LogP contribution < -0.4 is 0 Å². The number of likely N-dealkylation sites (N-methyl/N-ethyl adjacent to an activating group) is 2. The quantitative estimate of drug-likeness (QED) is 0.342. The molecule has 3 rings (SSSR count). The summed E-state index contributed by atoms with van der Waals surface area (Å²) in [6, 6.07) is -0.114. The summed E-state index contributed by atoms with van der Waals surface area (Å²) in [4.78, 5) is 34.5. The van der Waals surface area contributed by atoms with Gasteiger partial charge in [0.1, 0.15) is 18.1 Å². The molecule has 3 saturated heterocycles. The fourth-order valence-corrected chi connectivity index (χ4v) is 7.58. The minimum absolute atomic E-state index is 0.0509. The number of ether oxygens (including phenoxy) is 4. The highest BCUT2D eigenvalue weighted by molar-refractivity contribution is 6.04. The first-order valence-corrected chi connectivity index (χ1v) is 16.3. The van der Waals surface area contributed by atoms with Crippen LogP contribution in [0.3, 0.4) is 0 Å². The maximum Gasteiger partial charge on any atom is 0.319 e. The number of nitrogens with zero attached hydrogens (tertiary/aromatic N) is 3. The van der Waals surface area contributed by atoms with Crippen molar-refractivity contribution in [1.29, 1.82) is 0 Å². The lowest BCUT2D eigenvalue weighted by Crippen LogP contribution is -2.59. The fraction of sp³-hybridized carbons (Fsp3) is 0.939. The predicted octanol–water partition coefficient (Wildman–Crippen LogP) is 2.91. The molecule has 0 aliphatic carbocycles. The molecule has 0 aromatic heterocycles. The summed E-state index contributed by atoms with van der Waals surface area (Å²) in [5.74, 6) is -0.389. The van der Waals surface area contributed by atoms with Gasteiger partial charge in [0, 0.05) is 57.2 Å². The average molecular weight is 612 g/mol.